The van der Waals surface area contributed by atoms with Gasteiger partial charge in [0, 0.05) is 5.56 Å². The van der Waals surface area contributed by atoms with Crippen molar-refractivity contribution in [3.8, 4) is 28.7 Å². The molecule has 1 heterocycles. The van der Waals surface area contributed by atoms with Gasteiger partial charge in [-0.2, -0.15) is 5.10 Å². The van der Waals surface area contributed by atoms with E-state index in [0.29, 0.717) is 39.5 Å². The molecule has 0 bridgehead atoms. The molecule has 0 radical (unpaired) electrons. The van der Waals surface area contributed by atoms with Crippen LogP contribution in [-0.4, -0.2) is 45.0 Å². The third-order valence-corrected chi connectivity index (χ3v) is 6.31. The summed E-state index contributed by atoms with van der Waals surface area (Å²) in [6.07, 6.45) is 2.88. The Morgan fingerprint density at radius 1 is 0.773 bits per heavy atom. The van der Waals surface area contributed by atoms with Crippen LogP contribution in [0.25, 0.3) is 6.08 Å². The number of carbonyl (C=O) groups is 3. The molecule has 0 saturated carbocycles. The van der Waals surface area contributed by atoms with Crippen molar-refractivity contribution in [1.82, 2.24) is 10.7 Å². The third-order valence-electron chi connectivity index (χ3n) is 6.31. The average molecular weight is 594 g/mol. The summed E-state index contributed by atoms with van der Waals surface area (Å²) in [5, 5.41) is 6.69. The second-order valence-corrected chi connectivity index (χ2v) is 9.22. The first-order valence-corrected chi connectivity index (χ1v) is 13.3. The number of benzene rings is 4. The van der Waals surface area contributed by atoms with Crippen molar-refractivity contribution in [1.29, 1.82) is 0 Å². The highest BCUT2D eigenvalue weighted by Gasteiger charge is 2.17. The smallest absolute Gasteiger partial charge is 0.343 e. The predicted molar refractivity (Wildman–Crippen MR) is 161 cm³/mol. The van der Waals surface area contributed by atoms with Gasteiger partial charge in [0.1, 0.15) is 11.4 Å². The molecule has 222 valence electrons. The average Bonchev–Trinajstić information content (AvgIpc) is 3.53. The summed E-state index contributed by atoms with van der Waals surface area (Å²) in [7, 11) is 2.94. The molecule has 4 aromatic carbocycles. The van der Waals surface area contributed by atoms with Gasteiger partial charge in [-0.25, -0.2) is 10.2 Å². The Kier molecular flexibility index (Phi) is 9.16. The number of rotatable bonds is 10. The van der Waals surface area contributed by atoms with Crippen LogP contribution in [0.3, 0.4) is 0 Å². The molecule has 1 aliphatic heterocycles. The number of methoxy groups -OCH3 is 2. The molecular weight excluding hydrogens is 566 g/mol. The van der Waals surface area contributed by atoms with Crippen molar-refractivity contribution in [3.63, 3.8) is 0 Å². The van der Waals surface area contributed by atoms with Gasteiger partial charge in [-0.05, 0) is 77.9 Å². The van der Waals surface area contributed by atoms with Gasteiger partial charge < -0.3 is 29.0 Å². The molecule has 0 aromatic heterocycles. The van der Waals surface area contributed by atoms with Crippen LogP contribution in [-0.2, 0) is 4.79 Å². The molecule has 44 heavy (non-hydrogen) atoms. The van der Waals surface area contributed by atoms with Crippen molar-refractivity contribution < 1.29 is 38.1 Å². The second-order valence-electron chi connectivity index (χ2n) is 9.22. The van der Waals surface area contributed by atoms with Crippen molar-refractivity contribution in [2.45, 2.75) is 0 Å². The Morgan fingerprint density at radius 3 is 2.34 bits per heavy atom. The van der Waals surface area contributed by atoms with E-state index in [4.69, 9.17) is 23.7 Å². The molecule has 0 unspecified atom stereocenters. The first-order chi connectivity index (χ1) is 21.4. The van der Waals surface area contributed by atoms with Crippen LogP contribution in [0.2, 0.25) is 0 Å². The van der Waals surface area contributed by atoms with E-state index in [1.54, 1.807) is 91.0 Å². The summed E-state index contributed by atoms with van der Waals surface area (Å²) in [6, 6.07) is 25.0. The van der Waals surface area contributed by atoms with Crippen LogP contribution in [0.4, 0.5) is 0 Å². The number of fused-ring (bicyclic) bond motifs is 1. The van der Waals surface area contributed by atoms with Gasteiger partial charge in [-0.3, -0.25) is 9.59 Å². The fourth-order valence-corrected chi connectivity index (χ4v) is 4.10. The number of ether oxygens (including phenoxy) is 5. The minimum absolute atomic E-state index is 0.0488. The molecule has 0 spiro atoms. The summed E-state index contributed by atoms with van der Waals surface area (Å²) >= 11 is 0. The zero-order valence-electron chi connectivity index (χ0n) is 23.7. The van der Waals surface area contributed by atoms with Gasteiger partial charge in [0.25, 0.3) is 11.8 Å². The maximum atomic E-state index is 13.2. The normalized spacial score (nSPS) is 12.0. The number of esters is 1. The SMILES string of the molecule is COc1cccc(C(=O)Oc2ccc(C=NNC(=O)C(=Cc3ccc4c(c3)OCO4)NC(=O)c3ccccc3)cc2OC)c1. The van der Waals surface area contributed by atoms with E-state index < -0.39 is 17.8 Å². The highest BCUT2D eigenvalue weighted by atomic mass is 16.7. The second kappa shape index (κ2) is 13.7. The summed E-state index contributed by atoms with van der Waals surface area (Å²) in [4.78, 5) is 38.7. The van der Waals surface area contributed by atoms with Crippen LogP contribution in [0.5, 0.6) is 28.7 Å². The predicted octanol–water partition coefficient (Wildman–Crippen LogP) is 4.57. The van der Waals surface area contributed by atoms with Crippen LogP contribution in [0.1, 0.15) is 31.8 Å². The minimum Gasteiger partial charge on any atom is -0.497 e. The zero-order chi connectivity index (χ0) is 30.9. The molecular formula is C33H27N3O8. The number of hydrogen-bond donors (Lipinski definition) is 2. The van der Waals surface area contributed by atoms with E-state index in [-0.39, 0.29) is 24.0 Å². The Labute approximate surface area is 252 Å². The van der Waals surface area contributed by atoms with Crippen molar-refractivity contribution in [2.24, 2.45) is 5.10 Å². The maximum Gasteiger partial charge on any atom is 0.343 e. The molecule has 5 rings (SSSR count). The highest BCUT2D eigenvalue weighted by Crippen LogP contribution is 2.33. The van der Waals surface area contributed by atoms with E-state index in [9.17, 15) is 14.4 Å². The van der Waals surface area contributed by atoms with Crippen molar-refractivity contribution >= 4 is 30.1 Å². The molecule has 2 amide bonds. The van der Waals surface area contributed by atoms with Crippen LogP contribution in [0, 0.1) is 0 Å². The van der Waals surface area contributed by atoms with Crippen LogP contribution < -0.4 is 34.4 Å². The lowest BCUT2D eigenvalue weighted by atomic mass is 10.1. The van der Waals surface area contributed by atoms with E-state index in [1.807, 2.05) is 0 Å². The molecule has 0 saturated heterocycles. The third kappa shape index (κ3) is 7.21. The molecule has 11 nitrogen and oxygen atoms in total. The standard InChI is InChI=1S/C33H27N3O8/c1-40-25-10-6-9-24(18-25)33(39)44-28-14-12-22(17-29(28)41-2)19-34-36-32(38)26(35-31(37)23-7-4-3-5-8-23)15-21-11-13-27-30(16-21)43-20-42-27/h3-19H,20H2,1-2H3,(H,35,37)(H,36,38). The lowest BCUT2D eigenvalue weighted by Crippen LogP contribution is -2.32. The fourth-order valence-electron chi connectivity index (χ4n) is 4.10. The number of hydrazone groups is 1. The Balaban J connectivity index is 1.30. The lowest BCUT2D eigenvalue weighted by molar-refractivity contribution is -0.117. The van der Waals surface area contributed by atoms with Gasteiger partial charge >= 0.3 is 5.97 Å². The van der Waals surface area contributed by atoms with Gasteiger partial charge in [0.2, 0.25) is 6.79 Å². The number of amides is 2. The number of carbonyl (C=O) groups excluding carboxylic acids is 3. The van der Waals surface area contributed by atoms with Crippen LogP contribution >= 0.6 is 0 Å². The first-order valence-electron chi connectivity index (χ1n) is 13.3. The fraction of sp³-hybridized carbons (Fsp3) is 0.0909. The topological polar surface area (TPSA) is 134 Å². The summed E-state index contributed by atoms with van der Waals surface area (Å²) < 4.78 is 26.8. The minimum atomic E-state index is -0.668. The number of nitrogens with zero attached hydrogens (tertiary/aromatic N) is 1. The molecule has 0 atom stereocenters. The summed E-state index contributed by atoms with van der Waals surface area (Å²) in [5.41, 5.74) is 4.20. The highest BCUT2D eigenvalue weighted by molar-refractivity contribution is 6.05. The van der Waals surface area contributed by atoms with E-state index >= 15 is 0 Å². The number of nitrogens with one attached hydrogen (secondary N) is 2. The van der Waals surface area contributed by atoms with Crippen LogP contribution in [0.15, 0.2) is 102 Å². The molecule has 0 fully saturated rings. The molecule has 11 heteroatoms. The summed E-state index contributed by atoms with van der Waals surface area (Å²) in [6.45, 7) is 0.103. The summed E-state index contributed by atoms with van der Waals surface area (Å²) in [5.74, 6) is 0.373. The van der Waals surface area contributed by atoms with E-state index in [2.05, 4.69) is 15.8 Å². The van der Waals surface area contributed by atoms with Crippen molar-refractivity contribution in [3.05, 3.63) is 119 Å². The molecule has 2 N–H and O–H groups in total. The van der Waals surface area contributed by atoms with Gasteiger partial charge in [0.15, 0.2) is 23.0 Å². The lowest BCUT2D eigenvalue weighted by Gasteiger charge is -2.11. The monoisotopic (exact) mass is 593 g/mol. The maximum absolute atomic E-state index is 13.2. The quantitative estimate of drug-likeness (QED) is 0.0898. The van der Waals surface area contributed by atoms with Gasteiger partial charge in [-0.1, -0.05) is 30.3 Å². The largest absolute Gasteiger partial charge is 0.497 e. The number of hydrogen-bond acceptors (Lipinski definition) is 9. The van der Waals surface area contributed by atoms with E-state index in [0.717, 1.165) is 0 Å². The Hall–Kier alpha value is -6.10. The molecule has 4 aromatic rings. The van der Waals surface area contributed by atoms with E-state index in [1.165, 1.54) is 26.5 Å². The zero-order valence-corrected chi connectivity index (χ0v) is 23.7. The van der Waals surface area contributed by atoms with Gasteiger partial charge in [0.05, 0.1) is 26.0 Å². The molecule has 0 aliphatic carbocycles. The van der Waals surface area contributed by atoms with Gasteiger partial charge in [-0.15, -0.1) is 0 Å². The first kappa shape index (κ1) is 29.4. The Morgan fingerprint density at radius 2 is 1.55 bits per heavy atom. The Bertz CT molecular complexity index is 1750. The molecule has 1 aliphatic rings. The van der Waals surface area contributed by atoms with Crippen molar-refractivity contribution in [2.75, 3.05) is 21.0 Å².